The summed E-state index contributed by atoms with van der Waals surface area (Å²) in [6, 6.07) is 13.7. The fraction of sp³-hybridized carbons (Fsp3) is 0.167. The number of rotatable bonds is 2. The van der Waals surface area contributed by atoms with E-state index in [-0.39, 0.29) is 5.78 Å². The predicted octanol–water partition coefficient (Wildman–Crippen LogP) is 4.67. The van der Waals surface area contributed by atoms with Crippen LogP contribution in [0, 0.1) is 0 Å². The second kappa shape index (κ2) is 5.86. The number of carbonyl (C=O) groups is 1. The van der Waals surface area contributed by atoms with Crippen LogP contribution in [0.15, 0.2) is 52.5 Å². The smallest absolute Gasteiger partial charge is 0.189 e. The van der Waals surface area contributed by atoms with E-state index in [1.54, 1.807) is 7.11 Å². The number of benzene rings is 2. The van der Waals surface area contributed by atoms with Gasteiger partial charge in [-0.05, 0) is 54.3 Å². The third-order valence-electron chi connectivity index (χ3n) is 3.71. The largest absolute Gasteiger partial charge is 0.497 e. The Kier molecular flexibility index (Phi) is 3.93. The summed E-state index contributed by atoms with van der Waals surface area (Å²) < 4.78 is 6.24. The Balaban J connectivity index is 1.98. The molecule has 0 heterocycles. The SMILES string of the molecule is COc1ccc2c(c1)C(=O)/C(=C\c1cccc(Br)c1)CC2. The predicted molar refractivity (Wildman–Crippen MR) is 87.8 cm³/mol. The lowest BCUT2D eigenvalue weighted by Gasteiger charge is -2.18. The van der Waals surface area contributed by atoms with Crippen molar-refractivity contribution in [2.75, 3.05) is 7.11 Å². The van der Waals surface area contributed by atoms with Gasteiger partial charge in [0.25, 0.3) is 0 Å². The van der Waals surface area contributed by atoms with E-state index >= 15 is 0 Å². The van der Waals surface area contributed by atoms with Gasteiger partial charge in [0.2, 0.25) is 0 Å². The van der Waals surface area contributed by atoms with Crippen LogP contribution in [0.2, 0.25) is 0 Å². The molecule has 1 aliphatic rings. The van der Waals surface area contributed by atoms with E-state index in [0.29, 0.717) is 0 Å². The van der Waals surface area contributed by atoms with Gasteiger partial charge in [-0.15, -0.1) is 0 Å². The molecule has 2 nitrogen and oxygen atoms in total. The van der Waals surface area contributed by atoms with Crippen molar-refractivity contribution in [3.63, 3.8) is 0 Å². The van der Waals surface area contributed by atoms with Gasteiger partial charge in [0.15, 0.2) is 5.78 Å². The molecule has 21 heavy (non-hydrogen) atoms. The highest BCUT2D eigenvalue weighted by Gasteiger charge is 2.22. The summed E-state index contributed by atoms with van der Waals surface area (Å²) in [4.78, 5) is 12.6. The number of hydrogen-bond donors (Lipinski definition) is 0. The first-order valence-electron chi connectivity index (χ1n) is 6.85. The number of methoxy groups -OCH3 is 1. The molecular weight excluding hydrogens is 328 g/mol. The standard InChI is InChI=1S/C18H15BrO2/c1-21-16-8-7-13-5-6-14(18(20)17(13)11-16)9-12-3-2-4-15(19)10-12/h2-4,7-11H,5-6H2,1H3/b14-9-. The third-order valence-corrected chi connectivity index (χ3v) is 4.20. The van der Waals surface area contributed by atoms with E-state index in [9.17, 15) is 4.79 Å². The first kappa shape index (κ1) is 14.1. The lowest BCUT2D eigenvalue weighted by atomic mass is 9.86. The van der Waals surface area contributed by atoms with Crippen molar-refractivity contribution >= 4 is 27.8 Å². The topological polar surface area (TPSA) is 26.3 Å². The van der Waals surface area contributed by atoms with Gasteiger partial charge in [0.1, 0.15) is 5.75 Å². The van der Waals surface area contributed by atoms with Crippen molar-refractivity contribution in [2.45, 2.75) is 12.8 Å². The molecule has 0 radical (unpaired) electrons. The lowest BCUT2D eigenvalue weighted by molar-refractivity contribution is 0.102. The zero-order valence-electron chi connectivity index (χ0n) is 11.7. The number of aryl methyl sites for hydroxylation is 1. The fourth-order valence-corrected chi connectivity index (χ4v) is 3.02. The summed E-state index contributed by atoms with van der Waals surface area (Å²) in [7, 11) is 1.62. The molecule has 3 rings (SSSR count). The second-order valence-electron chi connectivity index (χ2n) is 5.08. The molecule has 106 valence electrons. The van der Waals surface area contributed by atoms with E-state index in [0.717, 1.165) is 45.3 Å². The highest BCUT2D eigenvalue weighted by Crippen LogP contribution is 2.29. The van der Waals surface area contributed by atoms with E-state index in [2.05, 4.69) is 15.9 Å². The highest BCUT2D eigenvalue weighted by atomic mass is 79.9. The number of halogens is 1. The van der Waals surface area contributed by atoms with Gasteiger partial charge in [-0.3, -0.25) is 4.79 Å². The van der Waals surface area contributed by atoms with Crippen LogP contribution in [0.4, 0.5) is 0 Å². The number of fused-ring (bicyclic) bond motifs is 1. The monoisotopic (exact) mass is 342 g/mol. The van der Waals surface area contributed by atoms with Crippen LogP contribution >= 0.6 is 15.9 Å². The zero-order chi connectivity index (χ0) is 14.8. The quantitative estimate of drug-likeness (QED) is 0.741. The lowest BCUT2D eigenvalue weighted by Crippen LogP contribution is -2.14. The maximum atomic E-state index is 12.6. The van der Waals surface area contributed by atoms with Crippen LogP contribution in [0.3, 0.4) is 0 Å². The van der Waals surface area contributed by atoms with Crippen molar-refractivity contribution in [2.24, 2.45) is 0 Å². The van der Waals surface area contributed by atoms with Crippen LogP contribution in [0.25, 0.3) is 6.08 Å². The number of allylic oxidation sites excluding steroid dienone is 1. The molecule has 0 aliphatic heterocycles. The molecule has 0 amide bonds. The Hall–Kier alpha value is -1.87. The zero-order valence-corrected chi connectivity index (χ0v) is 13.3. The van der Waals surface area contributed by atoms with Crippen LogP contribution in [0.5, 0.6) is 5.75 Å². The Morgan fingerprint density at radius 1 is 1.14 bits per heavy atom. The molecule has 0 N–H and O–H groups in total. The van der Waals surface area contributed by atoms with Crippen molar-refractivity contribution in [1.82, 2.24) is 0 Å². The molecule has 0 bridgehead atoms. The van der Waals surface area contributed by atoms with Crippen LogP contribution in [-0.4, -0.2) is 12.9 Å². The molecule has 0 aromatic heterocycles. The van der Waals surface area contributed by atoms with Gasteiger partial charge in [0.05, 0.1) is 7.11 Å². The van der Waals surface area contributed by atoms with Crippen molar-refractivity contribution < 1.29 is 9.53 Å². The molecule has 0 saturated heterocycles. The van der Waals surface area contributed by atoms with Gasteiger partial charge in [0, 0.05) is 15.6 Å². The molecular formula is C18H15BrO2. The Bertz CT molecular complexity index is 732. The molecule has 2 aromatic carbocycles. The third kappa shape index (κ3) is 2.93. The number of carbonyl (C=O) groups excluding carboxylic acids is 1. The molecule has 0 atom stereocenters. The summed E-state index contributed by atoms with van der Waals surface area (Å²) in [6.45, 7) is 0. The summed E-state index contributed by atoms with van der Waals surface area (Å²) in [5, 5.41) is 0. The highest BCUT2D eigenvalue weighted by molar-refractivity contribution is 9.10. The van der Waals surface area contributed by atoms with Crippen molar-refractivity contribution in [3.8, 4) is 5.75 Å². The fourth-order valence-electron chi connectivity index (χ4n) is 2.60. The van der Waals surface area contributed by atoms with E-state index in [4.69, 9.17) is 4.74 Å². The van der Waals surface area contributed by atoms with Gasteiger partial charge >= 0.3 is 0 Å². The van der Waals surface area contributed by atoms with Crippen molar-refractivity contribution in [1.29, 1.82) is 0 Å². The molecule has 1 aliphatic carbocycles. The molecule has 0 saturated carbocycles. The summed E-state index contributed by atoms with van der Waals surface area (Å²) >= 11 is 3.46. The molecule has 0 spiro atoms. The average molecular weight is 343 g/mol. The minimum atomic E-state index is 0.107. The van der Waals surface area contributed by atoms with Crippen molar-refractivity contribution in [3.05, 3.63) is 69.2 Å². The number of Topliss-reactive ketones (excluding diaryl/α,β-unsaturated/α-hetero) is 1. The molecule has 2 aromatic rings. The molecule has 0 unspecified atom stereocenters. The van der Waals surface area contributed by atoms with Crippen LogP contribution in [0.1, 0.15) is 27.9 Å². The minimum Gasteiger partial charge on any atom is -0.497 e. The maximum Gasteiger partial charge on any atom is 0.189 e. The Morgan fingerprint density at radius 2 is 2.00 bits per heavy atom. The van der Waals surface area contributed by atoms with Gasteiger partial charge in [-0.2, -0.15) is 0 Å². The van der Waals surface area contributed by atoms with Crippen LogP contribution in [-0.2, 0) is 6.42 Å². The summed E-state index contributed by atoms with van der Waals surface area (Å²) in [5.41, 5.74) is 3.77. The Labute approximate surface area is 132 Å². The summed E-state index contributed by atoms with van der Waals surface area (Å²) in [6.07, 6.45) is 3.66. The van der Waals surface area contributed by atoms with E-state index < -0.39 is 0 Å². The first-order valence-corrected chi connectivity index (χ1v) is 7.64. The number of hydrogen-bond acceptors (Lipinski definition) is 2. The summed E-state index contributed by atoms with van der Waals surface area (Å²) in [5.74, 6) is 0.834. The first-order chi connectivity index (χ1) is 10.2. The second-order valence-corrected chi connectivity index (χ2v) is 5.99. The van der Waals surface area contributed by atoms with Gasteiger partial charge in [-0.1, -0.05) is 34.1 Å². The van der Waals surface area contributed by atoms with E-state index in [1.807, 2.05) is 48.5 Å². The Morgan fingerprint density at radius 3 is 2.76 bits per heavy atom. The number of ketones is 1. The average Bonchev–Trinajstić information content (AvgIpc) is 2.50. The van der Waals surface area contributed by atoms with E-state index in [1.165, 1.54) is 0 Å². The molecule has 3 heteroatoms. The van der Waals surface area contributed by atoms with Gasteiger partial charge in [-0.25, -0.2) is 0 Å². The van der Waals surface area contributed by atoms with Crippen LogP contribution < -0.4 is 4.74 Å². The molecule has 0 fully saturated rings. The minimum absolute atomic E-state index is 0.107. The maximum absolute atomic E-state index is 12.6. The normalized spacial score (nSPS) is 15.9. The van der Waals surface area contributed by atoms with Gasteiger partial charge < -0.3 is 4.74 Å². The number of ether oxygens (including phenoxy) is 1.